The number of nitrogens with zero attached hydrogens (tertiary/aromatic N) is 1. The molecule has 4 rings (SSSR count). The maximum absolute atomic E-state index is 13.0. The van der Waals surface area contributed by atoms with Gasteiger partial charge >= 0.3 is 0 Å². The molecule has 1 amide bonds. The molecule has 4 aromatic rings. The largest absolute Gasteiger partial charge is 0.497 e. The molecule has 3 aromatic carbocycles. The van der Waals surface area contributed by atoms with Gasteiger partial charge < -0.3 is 4.74 Å². The standard InChI is InChI=1S/C21H16FN3O4S2/c1-29-16-8-11-18-19(12-16)30-21(23-18)24-20(26)13-2-9-17(10-3-13)31(27,28)25-15-6-4-14(22)5-7-15/h2-12,25H,1H3,(H,23,24,26). The molecular formula is C21H16FN3O4S2. The van der Waals surface area contributed by atoms with Crippen molar-refractivity contribution in [3.05, 3.63) is 78.1 Å². The van der Waals surface area contributed by atoms with E-state index >= 15 is 0 Å². The summed E-state index contributed by atoms with van der Waals surface area (Å²) >= 11 is 1.30. The number of hydrogen-bond donors (Lipinski definition) is 2. The summed E-state index contributed by atoms with van der Waals surface area (Å²) in [7, 11) is -2.30. The molecule has 2 N–H and O–H groups in total. The van der Waals surface area contributed by atoms with Crippen LogP contribution >= 0.6 is 11.3 Å². The van der Waals surface area contributed by atoms with Crippen LogP contribution in [0.15, 0.2) is 71.6 Å². The molecule has 0 aliphatic carbocycles. The van der Waals surface area contributed by atoms with E-state index in [2.05, 4.69) is 15.0 Å². The first kappa shape index (κ1) is 20.8. The number of rotatable bonds is 6. The molecule has 31 heavy (non-hydrogen) atoms. The predicted molar refractivity (Wildman–Crippen MR) is 118 cm³/mol. The SMILES string of the molecule is COc1ccc2nc(NC(=O)c3ccc(S(=O)(=O)Nc4ccc(F)cc4)cc3)sc2c1. The summed E-state index contributed by atoms with van der Waals surface area (Å²) in [4.78, 5) is 16.9. The maximum Gasteiger partial charge on any atom is 0.261 e. The number of aromatic nitrogens is 1. The van der Waals surface area contributed by atoms with Gasteiger partial charge in [0.1, 0.15) is 11.6 Å². The molecule has 10 heteroatoms. The fourth-order valence-corrected chi connectivity index (χ4v) is 4.72. The second-order valence-electron chi connectivity index (χ2n) is 6.44. The number of nitrogens with one attached hydrogen (secondary N) is 2. The van der Waals surface area contributed by atoms with Crippen LogP contribution in [0.1, 0.15) is 10.4 Å². The third-order valence-corrected chi connectivity index (χ3v) is 6.67. The molecule has 0 atom stereocenters. The van der Waals surface area contributed by atoms with Crippen molar-refractivity contribution in [1.29, 1.82) is 0 Å². The van der Waals surface area contributed by atoms with Crippen LogP contribution in [0, 0.1) is 5.82 Å². The lowest BCUT2D eigenvalue weighted by Crippen LogP contribution is -2.14. The lowest BCUT2D eigenvalue weighted by Gasteiger charge is -2.09. The van der Waals surface area contributed by atoms with Gasteiger partial charge in [-0.2, -0.15) is 0 Å². The number of carbonyl (C=O) groups excluding carboxylic acids is 1. The predicted octanol–water partition coefficient (Wildman–Crippen LogP) is 4.50. The van der Waals surface area contributed by atoms with Crippen molar-refractivity contribution >= 4 is 48.3 Å². The van der Waals surface area contributed by atoms with Gasteiger partial charge in [0.05, 0.1) is 22.2 Å². The van der Waals surface area contributed by atoms with E-state index in [1.54, 1.807) is 19.2 Å². The number of ether oxygens (including phenoxy) is 1. The van der Waals surface area contributed by atoms with E-state index in [1.807, 2.05) is 6.07 Å². The Balaban J connectivity index is 1.48. The zero-order valence-electron chi connectivity index (χ0n) is 16.1. The van der Waals surface area contributed by atoms with Crippen LogP contribution in [0.4, 0.5) is 15.2 Å². The van der Waals surface area contributed by atoms with Crippen LogP contribution in [-0.4, -0.2) is 26.4 Å². The molecule has 1 heterocycles. The molecule has 0 saturated carbocycles. The summed E-state index contributed by atoms with van der Waals surface area (Å²) in [6, 6.07) is 15.8. The Labute approximate surface area is 181 Å². The first-order valence-corrected chi connectivity index (χ1v) is 11.3. The number of thiazole rings is 1. The number of sulfonamides is 1. The van der Waals surface area contributed by atoms with Crippen molar-refractivity contribution in [1.82, 2.24) is 4.98 Å². The molecular weight excluding hydrogens is 441 g/mol. The van der Waals surface area contributed by atoms with Crippen molar-refractivity contribution in [2.24, 2.45) is 0 Å². The van der Waals surface area contributed by atoms with Crippen molar-refractivity contribution in [3.63, 3.8) is 0 Å². The highest BCUT2D eigenvalue weighted by Crippen LogP contribution is 2.29. The molecule has 0 saturated heterocycles. The number of carbonyl (C=O) groups is 1. The summed E-state index contributed by atoms with van der Waals surface area (Å²) < 4.78 is 46.4. The first-order valence-electron chi connectivity index (χ1n) is 8.98. The van der Waals surface area contributed by atoms with E-state index < -0.39 is 21.7 Å². The Bertz CT molecular complexity index is 1350. The summed E-state index contributed by atoms with van der Waals surface area (Å²) in [5.74, 6) is -0.188. The lowest BCUT2D eigenvalue weighted by atomic mass is 10.2. The number of fused-ring (bicyclic) bond motifs is 1. The Hall–Kier alpha value is -3.50. The van der Waals surface area contributed by atoms with Crippen LogP contribution in [0.2, 0.25) is 0 Å². The zero-order chi connectivity index (χ0) is 22.0. The van der Waals surface area contributed by atoms with E-state index in [1.165, 1.54) is 47.7 Å². The smallest absolute Gasteiger partial charge is 0.261 e. The Morgan fingerprint density at radius 1 is 1.03 bits per heavy atom. The second kappa shape index (κ2) is 8.32. The minimum absolute atomic E-state index is 0.0274. The third-order valence-electron chi connectivity index (χ3n) is 4.34. The van der Waals surface area contributed by atoms with Gasteiger partial charge in [0.2, 0.25) is 0 Å². The number of halogens is 1. The molecule has 0 aliphatic heterocycles. The minimum Gasteiger partial charge on any atom is -0.497 e. The molecule has 7 nitrogen and oxygen atoms in total. The Kier molecular flexibility index (Phi) is 5.57. The van der Waals surface area contributed by atoms with E-state index in [9.17, 15) is 17.6 Å². The van der Waals surface area contributed by atoms with Crippen LogP contribution in [0.5, 0.6) is 5.75 Å². The highest BCUT2D eigenvalue weighted by Gasteiger charge is 2.16. The molecule has 0 radical (unpaired) electrons. The fraction of sp³-hybridized carbons (Fsp3) is 0.0476. The quantitative estimate of drug-likeness (QED) is 0.444. The molecule has 158 valence electrons. The van der Waals surface area contributed by atoms with E-state index in [4.69, 9.17) is 4.74 Å². The minimum atomic E-state index is -3.88. The van der Waals surface area contributed by atoms with E-state index in [0.29, 0.717) is 10.9 Å². The zero-order valence-corrected chi connectivity index (χ0v) is 17.8. The Morgan fingerprint density at radius 2 is 1.74 bits per heavy atom. The summed E-state index contributed by atoms with van der Waals surface area (Å²) in [5.41, 5.74) is 1.24. The van der Waals surface area contributed by atoms with Gasteiger partial charge in [-0.3, -0.25) is 14.8 Å². The van der Waals surface area contributed by atoms with Crippen molar-refractivity contribution < 1.29 is 22.3 Å². The van der Waals surface area contributed by atoms with Crippen LogP contribution in [0.3, 0.4) is 0 Å². The van der Waals surface area contributed by atoms with Crippen molar-refractivity contribution in [2.45, 2.75) is 4.90 Å². The van der Waals surface area contributed by atoms with Gasteiger partial charge in [0.15, 0.2) is 5.13 Å². The topological polar surface area (TPSA) is 97.4 Å². The van der Waals surface area contributed by atoms with Gasteiger partial charge in [-0.1, -0.05) is 11.3 Å². The number of benzene rings is 3. The molecule has 0 fully saturated rings. The van der Waals surface area contributed by atoms with Gasteiger partial charge in [-0.15, -0.1) is 0 Å². The molecule has 0 spiro atoms. The normalized spacial score (nSPS) is 11.3. The summed E-state index contributed by atoms with van der Waals surface area (Å²) in [6.45, 7) is 0. The lowest BCUT2D eigenvalue weighted by molar-refractivity contribution is 0.102. The molecule has 0 aliphatic rings. The van der Waals surface area contributed by atoms with Crippen LogP contribution < -0.4 is 14.8 Å². The molecule has 0 unspecified atom stereocenters. The summed E-state index contributed by atoms with van der Waals surface area (Å²) in [6.07, 6.45) is 0. The molecule has 1 aromatic heterocycles. The van der Waals surface area contributed by atoms with Gasteiger partial charge in [0.25, 0.3) is 15.9 Å². The van der Waals surface area contributed by atoms with E-state index in [-0.39, 0.29) is 16.1 Å². The van der Waals surface area contributed by atoms with Gasteiger partial charge in [-0.25, -0.2) is 17.8 Å². The number of amides is 1. The number of anilines is 2. The first-order chi connectivity index (χ1) is 14.8. The van der Waals surface area contributed by atoms with Gasteiger partial charge in [0, 0.05) is 11.3 Å². The molecule has 0 bridgehead atoms. The average Bonchev–Trinajstić information content (AvgIpc) is 3.16. The Morgan fingerprint density at radius 3 is 2.42 bits per heavy atom. The van der Waals surface area contributed by atoms with Crippen molar-refractivity contribution in [3.8, 4) is 5.75 Å². The average molecular weight is 458 g/mol. The maximum atomic E-state index is 13.0. The fourth-order valence-electron chi connectivity index (χ4n) is 2.77. The highest BCUT2D eigenvalue weighted by atomic mass is 32.2. The second-order valence-corrected chi connectivity index (χ2v) is 9.16. The summed E-state index contributed by atoms with van der Waals surface area (Å²) in [5, 5.41) is 3.13. The van der Waals surface area contributed by atoms with Crippen LogP contribution in [0.25, 0.3) is 10.2 Å². The monoisotopic (exact) mass is 457 g/mol. The number of hydrogen-bond acceptors (Lipinski definition) is 6. The van der Waals surface area contributed by atoms with Crippen LogP contribution in [-0.2, 0) is 10.0 Å². The van der Waals surface area contributed by atoms with E-state index in [0.717, 1.165) is 22.3 Å². The highest BCUT2D eigenvalue weighted by molar-refractivity contribution is 7.92. The third kappa shape index (κ3) is 4.65. The van der Waals surface area contributed by atoms with Crippen molar-refractivity contribution in [2.75, 3.05) is 17.1 Å². The number of methoxy groups -OCH3 is 1. The van der Waals surface area contributed by atoms with Gasteiger partial charge in [-0.05, 0) is 66.7 Å².